The van der Waals surface area contributed by atoms with E-state index in [0.717, 1.165) is 23.0 Å². The van der Waals surface area contributed by atoms with Crippen molar-refractivity contribution in [2.75, 3.05) is 6.54 Å². The minimum atomic E-state index is 0.809. The molecule has 0 aliphatic carbocycles. The molecule has 0 heterocycles. The van der Waals surface area contributed by atoms with Gasteiger partial charge in [0.15, 0.2) is 0 Å². The van der Waals surface area contributed by atoms with Crippen LogP contribution < -0.4 is 5.32 Å². The second-order valence-corrected chi connectivity index (χ2v) is 5.90. The van der Waals surface area contributed by atoms with Crippen molar-refractivity contribution < 1.29 is 0 Å². The highest BCUT2D eigenvalue weighted by molar-refractivity contribution is 7.99. The summed E-state index contributed by atoms with van der Waals surface area (Å²) < 4.78 is 0. The zero-order chi connectivity index (χ0) is 13.7. The predicted molar refractivity (Wildman–Crippen MR) is 84.1 cm³/mol. The Morgan fingerprint density at radius 1 is 1.11 bits per heavy atom. The maximum atomic E-state index is 6.20. The maximum Gasteiger partial charge on any atom is 0.0545 e. The van der Waals surface area contributed by atoms with Gasteiger partial charge in [-0.2, -0.15) is 0 Å². The van der Waals surface area contributed by atoms with Crippen LogP contribution in [0.5, 0.6) is 0 Å². The number of hydrogen-bond acceptors (Lipinski definition) is 2. The highest BCUT2D eigenvalue weighted by atomic mass is 35.5. The molecule has 0 fully saturated rings. The zero-order valence-electron chi connectivity index (χ0n) is 11.2. The summed E-state index contributed by atoms with van der Waals surface area (Å²) in [5.41, 5.74) is 2.61. The van der Waals surface area contributed by atoms with Crippen molar-refractivity contribution in [3.05, 3.63) is 58.6 Å². The van der Waals surface area contributed by atoms with Crippen LogP contribution in [0.15, 0.2) is 52.3 Å². The van der Waals surface area contributed by atoms with Crippen molar-refractivity contribution in [2.24, 2.45) is 0 Å². The smallest absolute Gasteiger partial charge is 0.0545 e. The van der Waals surface area contributed by atoms with Crippen molar-refractivity contribution in [1.29, 1.82) is 0 Å². The fraction of sp³-hybridized carbons (Fsp3) is 0.250. The first-order valence-electron chi connectivity index (χ1n) is 6.43. The summed E-state index contributed by atoms with van der Waals surface area (Å²) in [6, 6.07) is 14.5. The minimum absolute atomic E-state index is 0.809. The molecule has 100 valence electrons. The Balaban J connectivity index is 2.15. The van der Waals surface area contributed by atoms with Crippen LogP contribution in [-0.2, 0) is 6.54 Å². The van der Waals surface area contributed by atoms with Gasteiger partial charge in [-0.05, 0) is 42.8 Å². The molecule has 0 amide bonds. The van der Waals surface area contributed by atoms with Gasteiger partial charge in [0.25, 0.3) is 0 Å². The van der Waals surface area contributed by atoms with Gasteiger partial charge in [-0.3, -0.25) is 0 Å². The van der Waals surface area contributed by atoms with Crippen LogP contribution in [-0.4, -0.2) is 6.54 Å². The van der Waals surface area contributed by atoms with E-state index in [1.54, 1.807) is 11.8 Å². The van der Waals surface area contributed by atoms with Gasteiger partial charge in [0.2, 0.25) is 0 Å². The van der Waals surface area contributed by atoms with Gasteiger partial charge in [-0.1, -0.05) is 54.6 Å². The van der Waals surface area contributed by atoms with E-state index in [2.05, 4.69) is 43.4 Å². The Bertz CT molecular complexity index is 554. The lowest BCUT2D eigenvalue weighted by atomic mass is 10.1. The van der Waals surface area contributed by atoms with Crippen LogP contribution >= 0.6 is 23.4 Å². The fourth-order valence-electron chi connectivity index (χ4n) is 1.85. The SMILES string of the molecule is CCNCc1ccc(Sc2ccccc2Cl)c(C)c1. The highest BCUT2D eigenvalue weighted by Gasteiger charge is 2.05. The van der Waals surface area contributed by atoms with Crippen molar-refractivity contribution >= 4 is 23.4 Å². The third-order valence-electron chi connectivity index (χ3n) is 2.88. The zero-order valence-corrected chi connectivity index (χ0v) is 12.8. The van der Waals surface area contributed by atoms with Gasteiger partial charge in [0.05, 0.1) is 5.02 Å². The van der Waals surface area contributed by atoms with E-state index in [1.807, 2.05) is 18.2 Å². The molecule has 0 aliphatic rings. The normalized spacial score (nSPS) is 10.7. The lowest BCUT2D eigenvalue weighted by Gasteiger charge is -2.09. The van der Waals surface area contributed by atoms with Gasteiger partial charge in [0.1, 0.15) is 0 Å². The Morgan fingerprint density at radius 2 is 1.89 bits per heavy atom. The average molecular weight is 292 g/mol. The van der Waals surface area contributed by atoms with Gasteiger partial charge in [-0.15, -0.1) is 0 Å². The molecule has 0 radical (unpaired) electrons. The molecule has 1 N–H and O–H groups in total. The Labute approximate surface area is 124 Å². The summed E-state index contributed by atoms with van der Waals surface area (Å²) in [6.07, 6.45) is 0. The van der Waals surface area contributed by atoms with E-state index < -0.39 is 0 Å². The van der Waals surface area contributed by atoms with Crippen LogP contribution in [0.1, 0.15) is 18.1 Å². The minimum Gasteiger partial charge on any atom is -0.313 e. The van der Waals surface area contributed by atoms with Gasteiger partial charge < -0.3 is 5.32 Å². The van der Waals surface area contributed by atoms with Gasteiger partial charge in [0, 0.05) is 16.3 Å². The maximum absolute atomic E-state index is 6.20. The summed E-state index contributed by atoms with van der Waals surface area (Å²) in [5.74, 6) is 0. The Morgan fingerprint density at radius 3 is 2.58 bits per heavy atom. The monoisotopic (exact) mass is 291 g/mol. The Hall–Kier alpha value is -0.960. The van der Waals surface area contributed by atoms with Crippen molar-refractivity contribution in [1.82, 2.24) is 5.32 Å². The molecule has 0 unspecified atom stereocenters. The first-order chi connectivity index (χ1) is 9.20. The molecular weight excluding hydrogens is 274 g/mol. The van der Waals surface area contributed by atoms with E-state index >= 15 is 0 Å². The summed E-state index contributed by atoms with van der Waals surface area (Å²) in [5, 5.41) is 4.15. The molecule has 0 aliphatic heterocycles. The third kappa shape index (κ3) is 4.00. The number of hydrogen-bond donors (Lipinski definition) is 1. The van der Waals surface area contributed by atoms with Crippen LogP contribution in [0, 0.1) is 6.92 Å². The van der Waals surface area contributed by atoms with Crippen LogP contribution in [0.3, 0.4) is 0 Å². The van der Waals surface area contributed by atoms with E-state index in [-0.39, 0.29) is 0 Å². The van der Waals surface area contributed by atoms with Crippen molar-refractivity contribution in [3.8, 4) is 0 Å². The Kier molecular flexibility index (Phi) is 5.32. The predicted octanol–water partition coefficient (Wildman–Crippen LogP) is 4.91. The quantitative estimate of drug-likeness (QED) is 0.840. The summed E-state index contributed by atoms with van der Waals surface area (Å²) in [4.78, 5) is 2.36. The molecule has 0 saturated heterocycles. The molecule has 0 spiro atoms. The molecule has 2 aromatic carbocycles. The number of rotatable bonds is 5. The summed E-state index contributed by atoms with van der Waals surface area (Å²) in [7, 11) is 0. The molecule has 2 aromatic rings. The molecular formula is C16H18ClNS. The topological polar surface area (TPSA) is 12.0 Å². The molecule has 0 saturated carbocycles. The van der Waals surface area contributed by atoms with E-state index in [0.29, 0.717) is 0 Å². The van der Waals surface area contributed by atoms with Gasteiger partial charge in [-0.25, -0.2) is 0 Å². The van der Waals surface area contributed by atoms with E-state index in [9.17, 15) is 0 Å². The van der Waals surface area contributed by atoms with Gasteiger partial charge >= 0.3 is 0 Å². The largest absolute Gasteiger partial charge is 0.313 e. The molecule has 0 aromatic heterocycles. The molecule has 0 atom stereocenters. The molecule has 0 bridgehead atoms. The molecule has 3 heteroatoms. The van der Waals surface area contributed by atoms with Crippen LogP contribution in [0.4, 0.5) is 0 Å². The average Bonchev–Trinajstić information content (AvgIpc) is 2.41. The molecule has 2 rings (SSSR count). The third-order valence-corrected chi connectivity index (χ3v) is 4.57. The number of benzene rings is 2. The van der Waals surface area contributed by atoms with Crippen molar-refractivity contribution in [2.45, 2.75) is 30.2 Å². The highest BCUT2D eigenvalue weighted by Crippen LogP contribution is 2.34. The second kappa shape index (κ2) is 6.99. The van der Waals surface area contributed by atoms with Crippen molar-refractivity contribution in [3.63, 3.8) is 0 Å². The number of nitrogens with one attached hydrogen (secondary N) is 1. The van der Waals surface area contributed by atoms with E-state index in [4.69, 9.17) is 11.6 Å². The molecule has 1 nitrogen and oxygen atoms in total. The van der Waals surface area contributed by atoms with Crippen LogP contribution in [0.2, 0.25) is 5.02 Å². The number of aryl methyl sites for hydroxylation is 1. The first kappa shape index (κ1) is 14.4. The standard InChI is InChI=1S/C16H18ClNS/c1-3-18-11-13-8-9-15(12(2)10-13)19-16-7-5-4-6-14(16)17/h4-10,18H,3,11H2,1-2H3. The summed E-state index contributed by atoms with van der Waals surface area (Å²) >= 11 is 7.92. The van der Waals surface area contributed by atoms with Crippen LogP contribution in [0.25, 0.3) is 0 Å². The summed E-state index contributed by atoms with van der Waals surface area (Å²) in [6.45, 7) is 6.19. The second-order valence-electron chi connectivity index (χ2n) is 4.41. The molecule has 19 heavy (non-hydrogen) atoms. The number of halogens is 1. The lowest BCUT2D eigenvalue weighted by Crippen LogP contribution is -2.11. The lowest BCUT2D eigenvalue weighted by molar-refractivity contribution is 0.726. The first-order valence-corrected chi connectivity index (χ1v) is 7.62. The van der Waals surface area contributed by atoms with E-state index in [1.165, 1.54) is 16.0 Å². The fourth-order valence-corrected chi connectivity index (χ4v) is 3.01.